The Bertz CT molecular complexity index is 858. The Labute approximate surface area is 177 Å². The first-order valence-corrected chi connectivity index (χ1v) is 11.6. The summed E-state index contributed by atoms with van der Waals surface area (Å²) in [4.78, 5) is 14.5. The van der Waals surface area contributed by atoms with Crippen LogP contribution in [0.3, 0.4) is 0 Å². The molecule has 154 valence electrons. The molecular formula is C24H30N2O2S. The van der Waals surface area contributed by atoms with Crippen LogP contribution in [0.4, 0.5) is 5.69 Å². The highest BCUT2D eigenvalue weighted by Gasteiger charge is 2.16. The van der Waals surface area contributed by atoms with Gasteiger partial charge in [0.2, 0.25) is 6.41 Å². The number of aliphatic imine (C=N–C) groups is 1. The highest BCUT2D eigenvalue weighted by atomic mass is 32.2. The Morgan fingerprint density at radius 1 is 1.10 bits per heavy atom. The summed E-state index contributed by atoms with van der Waals surface area (Å²) in [5.74, 6) is 0.453. The van der Waals surface area contributed by atoms with E-state index in [9.17, 15) is 4.55 Å². The van der Waals surface area contributed by atoms with Crippen LogP contribution in [0, 0.1) is 5.92 Å². The number of hydrogen-bond acceptors (Lipinski definition) is 3. The highest BCUT2D eigenvalue weighted by molar-refractivity contribution is 7.90. The number of nitrogens with two attached hydrogens (primary N) is 1. The summed E-state index contributed by atoms with van der Waals surface area (Å²) in [6.45, 7) is 4.46. The number of carbonyl (C=O) groups excluding carboxylic acids is 1. The van der Waals surface area contributed by atoms with Crippen molar-refractivity contribution >= 4 is 35.1 Å². The molecule has 0 bridgehead atoms. The minimum absolute atomic E-state index is 0.250. The summed E-state index contributed by atoms with van der Waals surface area (Å²) < 4.78 is 11.6. The molecule has 2 unspecified atom stereocenters. The first-order valence-electron chi connectivity index (χ1n) is 10.0. The second-order valence-electron chi connectivity index (χ2n) is 7.00. The second kappa shape index (κ2) is 11.6. The van der Waals surface area contributed by atoms with E-state index in [0.717, 1.165) is 41.0 Å². The van der Waals surface area contributed by atoms with Crippen molar-refractivity contribution in [2.24, 2.45) is 16.6 Å². The summed E-state index contributed by atoms with van der Waals surface area (Å²) in [5.41, 5.74) is 10.0. The minimum atomic E-state index is -0.942. The molecule has 0 radical (unpaired) electrons. The Kier molecular flexibility index (Phi) is 9.16. The van der Waals surface area contributed by atoms with Gasteiger partial charge in [-0.15, -0.1) is 0 Å². The fourth-order valence-electron chi connectivity index (χ4n) is 3.44. The molecule has 0 spiro atoms. The minimum Gasteiger partial charge on any atom is -0.612 e. The SMILES string of the molecule is CCCC1=Nc2cc(-c3ccc([S+](C)[O-])cc3)ccc2C=CC1CCC.NC=O. The van der Waals surface area contributed by atoms with Crippen LogP contribution < -0.4 is 5.73 Å². The van der Waals surface area contributed by atoms with E-state index in [1.54, 1.807) is 6.26 Å². The number of hydrogen-bond donors (Lipinski definition) is 1. The second-order valence-corrected chi connectivity index (χ2v) is 8.38. The van der Waals surface area contributed by atoms with Crippen LogP contribution in [0.2, 0.25) is 0 Å². The van der Waals surface area contributed by atoms with E-state index in [1.807, 2.05) is 24.3 Å². The molecule has 29 heavy (non-hydrogen) atoms. The van der Waals surface area contributed by atoms with Gasteiger partial charge in [-0.05, 0) is 71.0 Å². The number of carbonyl (C=O) groups is 1. The molecule has 0 saturated heterocycles. The zero-order valence-electron chi connectivity index (χ0n) is 17.4. The molecular weight excluding hydrogens is 380 g/mol. The quantitative estimate of drug-likeness (QED) is 0.503. The van der Waals surface area contributed by atoms with Crippen molar-refractivity contribution in [3.05, 3.63) is 54.1 Å². The van der Waals surface area contributed by atoms with Crippen LogP contribution >= 0.6 is 0 Å². The van der Waals surface area contributed by atoms with Crippen LogP contribution in [0.25, 0.3) is 17.2 Å². The van der Waals surface area contributed by atoms with E-state index in [0.29, 0.717) is 5.92 Å². The van der Waals surface area contributed by atoms with Gasteiger partial charge in [-0.25, -0.2) is 0 Å². The van der Waals surface area contributed by atoms with Crippen molar-refractivity contribution in [3.8, 4) is 11.1 Å². The number of nitrogens with zero attached hydrogens (tertiary/aromatic N) is 1. The topological polar surface area (TPSA) is 78.5 Å². The molecule has 2 aromatic rings. The number of fused-ring (bicyclic) bond motifs is 1. The van der Waals surface area contributed by atoms with Crippen molar-refractivity contribution in [1.29, 1.82) is 0 Å². The third-order valence-corrected chi connectivity index (χ3v) is 5.79. The van der Waals surface area contributed by atoms with Crippen molar-refractivity contribution in [1.82, 2.24) is 0 Å². The molecule has 5 heteroatoms. The summed E-state index contributed by atoms with van der Waals surface area (Å²) in [6, 6.07) is 14.5. The van der Waals surface area contributed by atoms with Crippen LogP contribution in [-0.2, 0) is 16.0 Å². The van der Waals surface area contributed by atoms with Crippen LogP contribution in [0.1, 0.15) is 45.1 Å². The lowest BCUT2D eigenvalue weighted by atomic mass is 9.94. The van der Waals surface area contributed by atoms with Gasteiger partial charge in [-0.3, -0.25) is 9.79 Å². The van der Waals surface area contributed by atoms with Gasteiger partial charge in [0.1, 0.15) is 6.26 Å². The maximum atomic E-state index is 11.6. The lowest BCUT2D eigenvalue weighted by Crippen LogP contribution is -2.11. The monoisotopic (exact) mass is 410 g/mol. The predicted molar refractivity (Wildman–Crippen MR) is 124 cm³/mol. The smallest absolute Gasteiger partial charge is 0.204 e. The molecule has 1 aliphatic heterocycles. The first kappa shape index (κ1) is 22.9. The average molecular weight is 411 g/mol. The van der Waals surface area contributed by atoms with Gasteiger partial charge in [0, 0.05) is 11.6 Å². The molecule has 2 aromatic carbocycles. The first-order chi connectivity index (χ1) is 14.0. The average Bonchev–Trinajstić information content (AvgIpc) is 2.88. The number of primary amides is 1. The Hall–Kier alpha value is -2.37. The van der Waals surface area contributed by atoms with Gasteiger partial charge < -0.3 is 10.3 Å². The Morgan fingerprint density at radius 3 is 2.34 bits per heavy atom. The van der Waals surface area contributed by atoms with E-state index >= 15 is 0 Å². The van der Waals surface area contributed by atoms with E-state index < -0.39 is 11.2 Å². The summed E-state index contributed by atoms with van der Waals surface area (Å²) in [5, 5.41) is 0. The zero-order valence-corrected chi connectivity index (χ0v) is 18.2. The normalized spacial score (nSPS) is 16.0. The maximum Gasteiger partial charge on any atom is 0.204 e. The number of allylic oxidation sites excluding steroid dienone is 1. The van der Waals surface area contributed by atoms with Crippen molar-refractivity contribution in [3.63, 3.8) is 0 Å². The van der Waals surface area contributed by atoms with E-state index in [1.165, 1.54) is 17.7 Å². The fraction of sp³-hybridized carbons (Fsp3) is 0.333. The van der Waals surface area contributed by atoms with Crippen molar-refractivity contribution in [2.45, 2.75) is 44.4 Å². The van der Waals surface area contributed by atoms with Crippen LogP contribution in [-0.4, -0.2) is 22.9 Å². The number of rotatable bonds is 6. The van der Waals surface area contributed by atoms with Gasteiger partial charge in [0.05, 0.1) is 5.69 Å². The van der Waals surface area contributed by atoms with Gasteiger partial charge >= 0.3 is 0 Å². The summed E-state index contributed by atoms with van der Waals surface area (Å²) >= 11 is -0.942. The van der Waals surface area contributed by atoms with Gasteiger partial charge in [0.15, 0.2) is 4.90 Å². The lowest BCUT2D eigenvalue weighted by Gasteiger charge is -2.13. The van der Waals surface area contributed by atoms with Gasteiger partial charge in [-0.2, -0.15) is 0 Å². The number of amides is 1. The molecule has 2 atom stereocenters. The molecule has 0 aliphatic carbocycles. The third-order valence-electron chi connectivity index (χ3n) is 4.86. The lowest BCUT2D eigenvalue weighted by molar-refractivity contribution is -0.106. The van der Waals surface area contributed by atoms with Crippen molar-refractivity contribution in [2.75, 3.05) is 6.26 Å². The fourth-order valence-corrected chi connectivity index (χ4v) is 3.96. The van der Waals surface area contributed by atoms with E-state index in [-0.39, 0.29) is 6.41 Å². The molecule has 1 heterocycles. The molecule has 0 aromatic heterocycles. The third kappa shape index (κ3) is 6.31. The predicted octanol–water partition coefficient (Wildman–Crippen LogP) is 5.51. The Balaban J connectivity index is 0.000000941. The molecule has 1 aliphatic rings. The van der Waals surface area contributed by atoms with E-state index in [2.05, 4.69) is 49.9 Å². The maximum absolute atomic E-state index is 11.6. The standard InChI is InChI=1S/C23H27NOS.CH3NO/c1-4-6-18-8-9-19-10-11-20(16-23(19)24-22(18)7-5-2)17-12-14-21(15-13-17)26(3)25;2-1-3/h8-16,18H,4-7H2,1-3H3;1H,(H2,2,3). The highest BCUT2D eigenvalue weighted by Crippen LogP contribution is 2.33. The van der Waals surface area contributed by atoms with Crippen LogP contribution in [0.5, 0.6) is 0 Å². The molecule has 0 fully saturated rings. The summed E-state index contributed by atoms with van der Waals surface area (Å²) in [7, 11) is 0. The largest absolute Gasteiger partial charge is 0.612 e. The molecule has 3 rings (SSSR count). The van der Waals surface area contributed by atoms with Crippen LogP contribution in [0.15, 0.2) is 58.4 Å². The van der Waals surface area contributed by atoms with Crippen molar-refractivity contribution < 1.29 is 9.35 Å². The number of benzene rings is 2. The summed E-state index contributed by atoms with van der Waals surface area (Å²) in [6.07, 6.45) is 11.0. The van der Waals surface area contributed by atoms with E-state index in [4.69, 9.17) is 9.79 Å². The Morgan fingerprint density at radius 2 is 1.76 bits per heavy atom. The molecule has 1 amide bonds. The van der Waals surface area contributed by atoms with Gasteiger partial charge in [0.25, 0.3) is 0 Å². The van der Waals surface area contributed by atoms with Gasteiger partial charge in [-0.1, -0.05) is 51.0 Å². The zero-order chi connectivity index (χ0) is 21.2. The molecule has 2 N–H and O–H groups in total. The molecule has 0 saturated carbocycles. The molecule has 4 nitrogen and oxygen atoms in total.